The third kappa shape index (κ3) is 3.49. The fraction of sp³-hybridized carbons (Fsp3) is 0.500. The van der Waals surface area contributed by atoms with Crippen LogP contribution in [0.3, 0.4) is 0 Å². The van der Waals surface area contributed by atoms with E-state index < -0.39 is 0 Å². The molecule has 0 bridgehead atoms. The quantitative estimate of drug-likeness (QED) is 0.884. The topological polar surface area (TPSA) is 54.2 Å². The molecule has 1 aliphatic heterocycles. The van der Waals surface area contributed by atoms with Crippen molar-refractivity contribution in [3.8, 4) is 0 Å². The van der Waals surface area contributed by atoms with Gasteiger partial charge in [-0.2, -0.15) is 0 Å². The van der Waals surface area contributed by atoms with Crippen molar-refractivity contribution in [1.29, 1.82) is 0 Å². The van der Waals surface area contributed by atoms with Crippen LogP contribution in [0.5, 0.6) is 0 Å². The van der Waals surface area contributed by atoms with E-state index in [0.29, 0.717) is 6.04 Å². The molecular weight excluding hydrogens is 264 g/mol. The molecule has 2 atom stereocenters. The monoisotopic (exact) mass is 286 g/mol. The Morgan fingerprint density at radius 3 is 2.86 bits per heavy atom. The van der Waals surface area contributed by atoms with Crippen molar-refractivity contribution >= 4 is 0 Å². The number of nitrogens with zero attached hydrogens (tertiary/aromatic N) is 3. The lowest BCUT2D eigenvalue weighted by Gasteiger charge is -2.27. The molecule has 2 aromatic heterocycles. The third-order valence-electron chi connectivity index (χ3n) is 4.10. The SMILES string of the molecule is CC(NCC(c1ccco1)N1CCCC1)c1cnccn1. The molecule has 3 rings (SSSR count). The van der Waals surface area contributed by atoms with Crippen molar-refractivity contribution in [1.82, 2.24) is 20.2 Å². The van der Waals surface area contributed by atoms with Gasteiger partial charge < -0.3 is 9.73 Å². The van der Waals surface area contributed by atoms with Gasteiger partial charge in [0, 0.05) is 31.2 Å². The van der Waals surface area contributed by atoms with Gasteiger partial charge in [-0.3, -0.25) is 14.9 Å². The first-order valence-corrected chi connectivity index (χ1v) is 7.61. The molecule has 5 nitrogen and oxygen atoms in total. The van der Waals surface area contributed by atoms with Gasteiger partial charge in [-0.1, -0.05) is 0 Å². The number of rotatable bonds is 6. The lowest BCUT2D eigenvalue weighted by Crippen LogP contribution is -2.35. The Balaban J connectivity index is 1.65. The molecule has 0 radical (unpaired) electrons. The van der Waals surface area contributed by atoms with E-state index >= 15 is 0 Å². The van der Waals surface area contributed by atoms with Gasteiger partial charge in [-0.15, -0.1) is 0 Å². The van der Waals surface area contributed by atoms with Crippen LogP contribution in [0.4, 0.5) is 0 Å². The average molecular weight is 286 g/mol. The van der Waals surface area contributed by atoms with E-state index in [0.717, 1.165) is 31.1 Å². The second-order valence-electron chi connectivity index (χ2n) is 5.53. The summed E-state index contributed by atoms with van der Waals surface area (Å²) in [5.74, 6) is 1.04. The normalized spacial score (nSPS) is 18.7. The minimum atomic E-state index is 0.179. The summed E-state index contributed by atoms with van der Waals surface area (Å²) in [5.41, 5.74) is 0.970. The zero-order valence-electron chi connectivity index (χ0n) is 12.4. The average Bonchev–Trinajstić information content (AvgIpc) is 3.22. The van der Waals surface area contributed by atoms with Crippen molar-refractivity contribution in [3.63, 3.8) is 0 Å². The largest absolute Gasteiger partial charge is 0.468 e. The van der Waals surface area contributed by atoms with Gasteiger partial charge >= 0.3 is 0 Å². The molecule has 2 unspecified atom stereocenters. The van der Waals surface area contributed by atoms with Crippen LogP contribution in [0.2, 0.25) is 0 Å². The standard InChI is InChI=1S/C16H22N4O/c1-13(14-11-17-6-7-18-14)19-12-15(16-5-4-10-21-16)20-8-2-3-9-20/h4-7,10-11,13,15,19H,2-3,8-9,12H2,1H3. The van der Waals surface area contributed by atoms with Crippen LogP contribution in [0.15, 0.2) is 41.4 Å². The second-order valence-corrected chi connectivity index (χ2v) is 5.53. The first-order valence-electron chi connectivity index (χ1n) is 7.61. The van der Waals surface area contributed by atoms with Crippen LogP contribution >= 0.6 is 0 Å². The van der Waals surface area contributed by atoms with Gasteiger partial charge in [0.25, 0.3) is 0 Å². The van der Waals surface area contributed by atoms with E-state index in [1.165, 1.54) is 12.8 Å². The van der Waals surface area contributed by atoms with Gasteiger partial charge in [0.05, 0.1) is 18.0 Å². The van der Waals surface area contributed by atoms with E-state index in [9.17, 15) is 0 Å². The van der Waals surface area contributed by atoms with Gasteiger partial charge in [0.15, 0.2) is 0 Å². The summed E-state index contributed by atoms with van der Waals surface area (Å²) >= 11 is 0. The molecule has 0 saturated carbocycles. The zero-order chi connectivity index (χ0) is 14.5. The Hall–Kier alpha value is -1.72. The highest BCUT2D eigenvalue weighted by atomic mass is 16.3. The lowest BCUT2D eigenvalue weighted by atomic mass is 10.1. The number of hydrogen-bond acceptors (Lipinski definition) is 5. The number of nitrogens with one attached hydrogen (secondary N) is 1. The third-order valence-corrected chi connectivity index (χ3v) is 4.10. The number of furan rings is 1. The number of hydrogen-bond donors (Lipinski definition) is 1. The summed E-state index contributed by atoms with van der Waals surface area (Å²) in [6.45, 7) is 5.26. The maximum Gasteiger partial charge on any atom is 0.122 e. The van der Waals surface area contributed by atoms with Gasteiger partial charge in [-0.05, 0) is 45.0 Å². The molecule has 0 aromatic carbocycles. The Kier molecular flexibility index (Phi) is 4.62. The van der Waals surface area contributed by atoms with E-state index in [-0.39, 0.29) is 6.04 Å². The highest BCUT2D eigenvalue weighted by molar-refractivity contribution is 5.07. The van der Waals surface area contributed by atoms with E-state index in [1.807, 2.05) is 12.3 Å². The van der Waals surface area contributed by atoms with E-state index in [1.54, 1.807) is 18.7 Å². The van der Waals surface area contributed by atoms with Gasteiger partial charge in [0.1, 0.15) is 5.76 Å². The molecule has 5 heteroatoms. The highest BCUT2D eigenvalue weighted by Crippen LogP contribution is 2.25. The Morgan fingerprint density at radius 1 is 1.33 bits per heavy atom. The van der Waals surface area contributed by atoms with E-state index in [4.69, 9.17) is 4.42 Å². The van der Waals surface area contributed by atoms with Crippen LogP contribution in [0.25, 0.3) is 0 Å². The van der Waals surface area contributed by atoms with Gasteiger partial charge in [-0.25, -0.2) is 0 Å². The van der Waals surface area contributed by atoms with Crippen LogP contribution in [0, 0.1) is 0 Å². The molecule has 3 heterocycles. The summed E-state index contributed by atoms with van der Waals surface area (Å²) in [4.78, 5) is 11.0. The summed E-state index contributed by atoms with van der Waals surface area (Å²) in [7, 11) is 0. The Morgan fingerprint density at radius 2 is 2.19 bits per heavy atom. The molecular formula is C16H22N4O. The van der Waals surface area contributed by atoms with Gasteiger partial charge in [0.2, 0.25) is 0 Å². The number of likely N-dealkylation sites (tertiary alicyclic amines) is 1. The molecule has 112 valence electrons. The second kappa shape index (κ2) is 6.83. The molecule has 1 N–H and O–H groups in total. The molecule has 21 heavy (non-hydrogen) atoms. The summed E-state index contributed by atoms with van der Waals surface area (Å²) < 4.78 is 5.64. The summed E-state index contributed by atoms with van der Waals surface area (Å²) in [6, 6.07) is 4.50. The van der Waals surface area contributed by atoms with Crippen molar-refractivity contribution in [2.45, 2.75) is 31.8 Å². The highest BCUT2D eigenvalue weighted by Gasteiger charge is 2.25. The van der Waals surface area contributed by atoms with Crippen molar-refractivity contribution in [2.24, 2.45) is 0 Å². The molecule has 0 aliphatic carbocycles. The molecule has 1 saturated heterocycles. The molecule has 2 aromatic rings. The first-order chi connectivity index (χ1) is 10.3. The fourth-order valence-corrected chi connectivity index (χ4v) is 2.87. The predicted molar refractivity (Wildman–Crippen MR) is 80.7 cm³/mol. The maximum atomic E-state index is 5.64. The Labute approximate surface area is 125 Å². The lowest BCUT2D eigenvalue weighted by molar-refractivity contribution is 0.205. The maximum absolute atomic E-state index is 5.64. The van der Waals surface area contributed by atoms with Crippen LogP contribution < -0.4 is 5.32 Å². The van der Waals surface area contributed by atoms with Crippen LogP contribution in [-0.4, -0.2) is 34.5 Å². The molecule has 1 aliphatic rings. The van der Waals surface area contributed by atoms with Crippen molar-refractivity contribution in [3.05, 3.63) is 48.4 Å². The Bertz CT molecular complexity index is 522. The van der Waals surface area contributed by atoms with Crippen molar-refractivity contribution in [2.75, 3.05) is 19.6 Å². The number of aromatic nitrogens is 2. The molecule has 0 spiro atoms. The minimum absolute atomic E-state index is 0.179. The molecule has 0 amide bonds. The van der Waals surface area contributed by atoms with Crippen LogP contribution in [-0.2, 0) is 0 Å². The summed E-state index contributed by atoms with van der Waals surface area (Å²) in [5, 5.41) is 3.56. The smallest absolute Gasteiger partial charge is 0.122 e. The predicted octanol–water partition coefficient (Wildman–Crippen LogP) is 2.56. The van der Waals surface area contributed by atoms with Crippen molar-refractivity contribution < 1.29 is 4.42 Å². The first kappa shape index (κ1) is 14.2. The minimum Gasteiger partial charge on any atom is -0.468 e. The fourth-order valence-electron chi connectivity index (χ4n) is 2.87. The summed E-state index contributed by atoms with van der Waals surface area (Å²) in [6.07, 6.45) is 9.55. The zero-order valence-corrected chi connectivity index (χ0v) is 12.4. The molecule has 1 fully saturated rings. The van der Waals surface area contributed by atoms with E-state index in [2.05, 4.69) is 33.2 Å². The van der Waals surface area contributed by atoms with Crippen LogP contribution in [0.1, 0.15) is 43.3 Å².